The van der Waals surface area contributed by atoms with Crippen LogP contribution in [0.4, 0.5) is 5.82 Å². The number of carbonyl (C=O) groups is 2. The lowest BCUT2D eigenvalue weighted by atomic mass is 10.1. The maximum Gasteiger partial charge on any atom is 0.271 e. The monoisotopic (exact) mass is 344 g/mol. The van der Waals surface area contributed by atoms with Gasteiger partial charge in [0.25, 0.3) is 5.91 Å². The molecule has 0 radical (unpaired) electrons. The highest BCUT2D eigenvalue weighted by molar-refractivity contribution is 5.96. The first-order valence-electron chi connectivity index (χ1n) is 8.74. The molecule has 2 N–H and O–H groups in total. The number of nitrogens with zero attached hydrogens (tertiary/aromatic N) is 4. The average molecular weight is 344 g/mol. The fraction of sp³-hybridized carbons (Fsp3) is 0.529. The number of hydrogen-bond acceptors (Lipinski definition) is 4. The minimum absolute atomic E-state index is 0.0201. The van der Waals surface area contributed by atoms with Gasteiger partial charge >= 0.3 is 0 Å². The Morgan fingerprint density at radius 3 is 2.84 bits per heavy atom. The zero-order valence-corrected chi connectivity index (χ0v) is 14.4. The number of rotatable bonds is 7. The molecule has 0 unspecified atom stereocenters. The molecule has 0 bridgehead atoms. The van der Waals surface area contributed by atoms with Gasteiger partial charge in [0.1, 0.15) is 5.82 Å². The van der Waals surface area contributed by atoms with E-state index in [0.29, 0.717) is 18.1 Å². The lowest BCUT2D eigenvalue weighted by Gasteiger charge is -2.09. The summed E-state index contributed by atoms with van der Waals surface area (Å²) >= 11 is 0. The van der Waals surface area contributed by atoms with E-state index in [9.17, 15) is 9.59 Å². The van der Waals surface area contributed by atoms with Gasteiger partial charge in [-0.1, -0.05) is 12.8 Å². The van der Waals surface area contributed by atoms with Crippen LogP contribution in [0.3, 0.4) is 0 Å². The summed E-state index contributed by atoms with van der Waals surface area (Å²) in [5.41, 5.74) is 0.309. The molecule has 1 fully saturated rings. The molecular weight excluding hydrogens is 320 g/mol. The Labute approximate surface area is 146 Å². The highest BCUT2D eigenvalue weighted by atomic mass is 16.2. The van der Waals surface area contributed by atoms with Gasteiger partial charge in [0.2, 0.25) is 5.91 Å². The van der Waals surface area contributed by atoms with Crippen LogP contribution in [0, 0.1) is 5.92 Å². The Hall–Kier alpha value is -2.64. The Morgan fingerprint density at radius 1 is 1.32 bits per heavy atom. The van der Waals surface area contributed by atoms with Gasteiger partial charge in [-0.25, -0.2) is 0 Å². The minimum Gasteiger partial charge on any atom is -0.351 e. The lowest BCUT2D eigenvalue weighted by Crippen LogP contribution is -2.25. The molecule has 1 saturated carbocycles. The maximum atomic E-state index is 12.2. The van der Waals surface area contributed by atoms with Crippen molar-refractivity contribution in [1.29, 1.82) is 0 Å². The predicted molar refractivity (Wildman–Crippen MR) is 93.0 cm³/mol. The second-order valence-electron chi connectivity index (χ2n) is 6.39. The van der Waals surface area contributed by atoms with Crippen LogP contribution in [0.5, 0.6) is 0 Å². The molecular formula is C17H24N6O2. The van der Waals surface area contributed by atoms with E-state index in [4.69, 9.17) is 0 Å². The molecule has 0 aromatic carbocycles. The number of hydrogen-bond donors (Lipinski definition) is 2. The molecule has 3 rings (SSSR count). The fourth-order valence-electron chi connectivity index (χ4n) is 3.08. The van der Waals surface area contributed by atoms with Gasteiger partial charge in [-0.2, -0.15) is 10.2 Å². The zero-order valence-electron chi connectivity index (χ0n) is 14.4. The molecule has 1 aliphatic carbocycles. The van der Waals surface area contributed by atoms with E-state index in [1.807, 2.05) is 16.9 Å². The number of amides is 2. The number of aromatic nitrogens is 4. The van der Waals surface area contributed by atoms with E-state index in [1.54, 1.807) is 19.3 Å². The summed E-state index contributed by atoms with van der Waals surface area (Å²) in [6.45, 7) is 1.29. The summed E-state index contributed by atoms with van der Waals surface area (Å²) in [5, 5.41) is 14.0. The second-order valence-corrected chi connectivity index (χ2v) is 6.39. The van der Waals surface area contributed by atoms with Crippen LogP contribution in [-0.2, 0) is 18.4 Å². The van der Waals surface area contributed by atoms with Crippen molar-refractivity contribution in [2.24, 2.45) is 13.0 Å². The molecule has 134 valence electrons. The van der Waals surface area contributed by atoms with E-state index in [1.165, 1.54) is 4.68 Å². The van der Waals surface area contributed by atoms with Gasteiger partial charge in [-0.3, -0.25) is 19.0 Å². The quantitative estimate of drug-likeness (QED) is 0.746. The molecule has 2 aromatic rings. The third-order valence-electron chi connectivity index (χ3n) is 4.50. The SMILES string of the molecule is Cn1nc(C(=O)NCCCn2cccn2)cc1NC(=O)C1CCCC1. The van der Waals surface area contributed by atoms with Crippen molar-refractivity contribution in [3.05, 3.63) is 30.2 Å². The first-order chi connectivity index (χ1) is 12.1. The minimum atomic E-state index is -0.238. The first kappa shape index (κ1) is 17.2. The van der Waals surface area contributed by atoms with Gasteiger partial charge in [-0.05, 0) is 25.3 Å². The average Bonchev–Trinajstić information content (AvgIpc) is 3.34. The van der Waals surface area contributed by atoms with Crippen molar-refractivity contribution in [3.8, 4) is 0 Å². The zero-order chi connectivity index (χ0) is 17.6. The van der Waals surface area contributed by atoms with Crippen molar-refractivity contribution in [3.63, 3.8) is 0 Å². The smallest absolute Gasteiger partial charge is 0.271 e. The predicted octanol–water partition coefficient (Wildman–Crippen LogP) is 1.57. The molecule has 25 heavy (non-hydrogen) atoms. The normalized spacial score (nSPS) is 14.6. The molecule has 2 aromatic heterocycles. The van der Waals surface area contributed by atoms with Gasteiger partial charge < -0.3 is 10.6 Å². The molecule has 0 saturated heterocycles. The van der Waals surface area contributed by atoms with Gasteiger partial charge in [0.05, 0.1) is 0 Å². The Kier molecular flexibility index (Phi) is 5.47. The highest BCUT2D eigenvalue weighted by Crippen LogP contribution is 2.26. The topological polar surface area (TPSA) is 93.8 Å². The van der Waals surface area contributed by atoms with Crippen LogP contribution in [-0.4, -0.2) is 37.9 Å². The largest absolute Gasteiger partial charge is 0.351 e. The van der Waals surface area contributed by atoms with Crippen molar-refractivity contribution < 1.29 is 9.59 Å². The third-order valence-corrected chi connectivity index (χ3v) is 4.50. The third kappa shape index (κ3) is 4.46. The van der Waals surface area contributed by atoms with Crippen LogP contribution < -0.4 is 10.6 Å². The lowest BCUT2D eigenvalue weighted by molar-refractivity contribution is -0.119. The van der Waals surface area contributed by atoms with E-state index in [0.717, 1.165) is 38.6 Å². The highest BCUT2D eigenvalue weighted by Gasteiger charge is 2.24. The first-order valence-corrected chi connectivity index (χ1v) is 8.74. The Balaban J connectivity index is 1.48. The second kappa shape index (κ2) is 7.96. The van der Waals surface area contributed by atoms with Crippen LogP contribution in [0.1, 0.15) is 42.6 Å². The van der Waals surface area contributed by atoms with Gasteiger partial charge in [-0.15, -0.1) is 0 Å². The molecule has 0 atom stereocenters. The summed E-state index contributed by atoms with van der Waals surface area (Å²) in [5.74, 6) is 0.414. The van der Waals surface area contributed by atoms with Crippen LogP contribution in [0.15, 0.2) is 24.5 Å². The van der Waals surface area contributed by atoms with Crippen molar-refractivity contribution in [2.75, 3.05) is 11.9 Å². The van der Waals surface area contributed by atoms with Crippen LogP contribution in [0.25, 0.3) is 0 Å². The molecule has 1 aliphatic rings. The summed E-state index contributed by atoms with van der Waals surface area (Å²) in [6.07, 6.45) is 8.49. The summed E-state index contributed by atoms with van der Waals surface area (Å²) < 4.78 is 3.36. The van der Waals surface area contributed by atoms with Crippen molar-refractivity contribution in [2.45, 2.75) is 38.6 Å². The number of aryl methyl sites for hydroxylation is 2. The molecule has 0 aliphatic heterocycles. The standard InChI is InChI=1S/C17H24N6O2/c1-22-15(20-16(24)13-6-2-3-7-13)12-14(21-22)17(25)18-8-4-10-23-11-5-9-19-23/h5,9,11-13H,2-4,6-8,10H2,1H3,(H,18,25)(H,20,24). The van der Waals surface area contributed by atoms with Crippen molar-refractivity contribution in [1.82, 2.24) is 24.9 Å². The summed E-state index contributed by atoms with van der Waals surface area (Å²) in [7, 11) is 1.72. The molecule has 2 heterocycles. The molecule has 2 amide bonds. The van der Waals surface area contributed by atoms with Crippen LogP contribution >= 0.6 is 0 Å². The van der Waals surface area contributed by atoms with E-state index in [-0.39, 0.29) is 17.7 Å². The maximum absolute atomic E-state index is 12.2. The fourth-order valence-corrected chi connectivity index (χ4v) is 3.08. The van der Waals surface area contributed by atoms with Crippen molar-refractivity contribution >= 4 is 17.6 Å². The van der Waals surface area contributed by atoms with Crippen LogP contribution in [0.2, 0.25) is 0 Å². The number of carbonyl (C=O) groups excluding carboxylic acids is 2. The number of nitrogens with one attached hydrogen (secondary N) is 2. The summed E-state index contributed by atoms with van der Waals surface area (Å²) in [4.78, 5) is 24.4. The van der Waals surface area contributed by atoms with E-state index >= 15 is 0 Å². The summed E-state index contributed by atoms with van der Waals surface area (Å²) in [6, 6.07) is 3.49. The Bertz CT molecular complexity index is 716. The van der Waals surface area contributed by atoms with E-state index in [2.05, 4.69) is 20.8 Å². The van der Waals surface area contributed by atoms with Gasteiger partial charge in [0, 0.05) is 44.5 Å². The Morgan fingerprint density at radius 2 is 2.12 bits per heavy atom. The number of anilines is 1. The molecule has 8 heteroatoms. The molecule has 8 nitrogen and oxygen atoms in total. The van der Waals surface area contributed by atoms with E-state index < -0.39 is 0 Å². The molecule has 0 spiro atoms. The van der Waals surface area contributed by atoms with Gasteiger partial charge in [0.15, 0.2) is 5.69 Å².